The first-order valence-corrected chi connectivity index (χ1v) is 4.58. The molecule has 0 aromatic carbocycles. The molecule has 0 atom stereocenters. The zero-order valence-electron chi connectivity index (χ0n) is 8.60. The number of hydrogen-bond donors (Lipinski definition) is 1. The van der Waals surface area contributed by atoms with E-state index in [4.69, 9.17) is 0 Å². The topological polar surface area (TPSA) is 37.8 Å². The highest BCUT2D eigenvalue weighted by molar-refractivity contribution is 5.26. The third-order valence-electron chi connectivity index (χ3n) is 1.66. The van der Waals surface area contributed by atoms with E-state index in [1.807, 2.05) is 0 Å². The lowest BCUT2D eigenvalue weighted by atomic mass is 10.4. The third-order valence-corrected chi connectivity index (χ3v) is 1.66. The summed E-state index contributed by atoms with van der Waals surface area (Å²) in [6.45, 7) is 2.11. The van der Waals surface area contributed by atoms with Crippen LogP contribution in [0.5, 0.6) is 0 Å². The molecule has 1 aromatic rings. The van der Waals surface area contributed by atoms with Gasteiger partial charge in [-0.25, -0.2) is 9.97 Å². The van der Waals surface area contributed by atoms with Crippen molar-refractivity contribution in [3.05, 3.63) is 18.0 Å². The number of hydrogen-bond acceptors (Lipinski definition) is 3. The molecule has 1 rings (SSSR count). The monoisotopic (exact) mass is 229 g/mol. The van der Waals surface area contributed by atoms with E-state index in [9.17, 15) is 13.2 Å². The Bertz CT molecular complexity index is 404. The van der Waals surface area contributed by atoms with Gasteiger partial charge in [-0.05, 0) is 13.0 Å². The molecule has 0 aliphatic heterocycles. The smallest absolute Gasteiger partial charge is 0.353 e. The Morgan fingerprint density at radius 3 is 2.81 bits per heavy atom. The Morgan fingerprint density at radius 1 is 1.44 bits per heavy atom. The Balaban J connectivity index is 2.63. The first-order chi connectivity index (χ1) is 7.54. The number of nitrogens with zero attached hydrogens (tertiary/aromatic N) is 2. The molecule has 6 heteroatoms. The lowest BCUT2D eigenvalue weighted by Crippen LogP contribution is -2.11. The number of anilines is 1. The fourth-order valence-electron chi connectivity index (χ4n) is 0.964. The summed E-state index contributed by atoms with van der Waals surface area (Å²) in [6, 6.07) is 0.830. The first kappa shape index (κ1) is 12.3. The molecule has 1 heterocycles. The summed E-state index contributed by atoms with van der Waals surface area (Å²) >= 11 is 0. The highest BCUT2D eigenvalue weighted by Gasteiger charge is 2.32. The molecule has 0 amide bonds. The molecular formula is C10H10F3N3. The SMILES string of the molecule is CC#CCCNc1nccc(C(F)(F)F)n1. The quantitative estimate of drug-likeness (QED) is 0.638. The second-order valence-electron chi connectivity index (χ2n) is 2.87. The van der Waals surface area contributed by atoms with E-state index >= 15 is 0 Å². The van der Waals surface area contributed by atoms with E-state index in [0.717, 1.165) is 12.3 Å². The van der Waals surface area contributed by atoms with Crippen molar-refractivity contribution < 1.29 is 13.2 Å². The average molecular weight is 229 g/mol. The summed E-state index contributed by atoms with van der Waals surface area (Å²) in [5.74, 6) is 5.42. The summed E-state index contributed by atoms with van der Waals surface area (Å²) in [4.78, 5) is 7.03. The Labute approximate surface area is 91.1 Å². The molecular weight excluding hydrogens is 219 g/mol. The number of aromatic nitrogens is 2. The van der Waals surface area contributed by atoms with Gasteiger partial charge in [-0.2, -0.15) is 13.2 Å². The van der Waals surface area contributed by atoms with Gasteiger partial charge in [0.1, 0.15) is 5.69 Å². The molecule has 1 N–H and O–H groups in total. The fraction of sp³-hybridized carbons (Fsp3) is 0.400. The van der Waals surface area contributed by atoms with Gasteiger partial charge < -0.3 is 5.32 Å². The van der Waals surface area contributed by atoms with Crippen LogP contribution in [0.1, 0.15) is 19.0 Å². The normalized spacial score (nSPS) is 10.5. The minimum atomic E-state index is -4.44. The van der Waals surface area contributed by atoms with Gasteiger partial charge in [0.2, 0.25) is 5.95 Å². The predicted octanol–water partition coefficient (Wildman–Crippen LogP) is 2.32. The van der Waals surface area contributed by atoms with Crippen LogP contribution in [0.25, 0.3) is 0 Å². The van der Waals surface area contributed by atoms with Crippen LogP contribution in [0, 0.1) is 11.8 Å². The summed E-state index contributed by atoms with van der Waals surface area (Å²) < 4.78 is 36.8. The lowest BCUT2D eigenvalue weighted by Gasteiger charge is -2.07. The van der Waals surface area contributed by atoms with Gasteiger partial charge in [0, 0.05) is 19.2 Å². The van der Waals surface area contributed by atoms with Crippen molar-refractivity contribution >= 4 is 5.95 Å². The highest BCUT2D eigenvalue weighted by Crippen LogP contribution is 2.27. The van der Waals surface area contributed by atoms with E-state index in [2.05, 4.69) is 27.1 Å². The molecule has 0 saturated heterocycles. The molecule has 0 aliphatic rings. The number of nitrogens with one attached hydrogen (secondary N) is 1. The number of alkyl halides is 3. The van der Waals surface area contributed by atoms with Crippen LogP contribution in [0.3, 0.4) is 0 Å². The maximum atomic E-state index is 12.3. The Hall–Kier alpha value is -1.77. The molecule has 0 saturated carbocycles. The van der Waals surface area contributed by atoms with Crippen LogP contribution in [0.4, 0.5) is 19.1 Å². The van der Waals surface area contributed by atoms with Crippen molar-refractivity contribution in [1.82, 2.24) is 9.97 Å². The van der Waals surface area contributed by atoms with Gasteiger partial charge in [-0.1, -0.05) is 0 Å². The standard InChI is InChI=1S/C10H10F3N3/c1-2-3-4-6-14-9-15-7-5-8(16-9)10(11,12)13/h5,7H,4,6H2,1H3,(H,14,15,16). The van der Waals surface area contributed by atoms with Crippen LogP contribution in [0.2, 0.25) is 0 Å². The minimum absolute atomic E-state index is 0.0345. The van der Waals surface area contributed by atoms with Crippen molar-refractivity contribution in [3.8, 4) is 11.8 Å². The third kappa shape index (κ3) is 3.77. The van der Waals surface area contributed by atoms with Crippen molar-refractivity contribution in [2.45, 2.75) is 19.5 Å². The van der Waals surface area contributed by atoms with Gasteiger partial charge in [0.05, 0.1) is 0 Å². The average Bonchev–Trinajstić information content (AvgIpc) is 2.24. The molecule has 3 nitrogen and oxygen atoms in total. The summed E-state index contributed by atoms with van der Waals surface area (Å²) in [5, 5.41) is 2.67. The number of halogens is 3. The molecule has 0 aliphatic carbocycles. The highest BCUT2D eigenvalue weighted by atomic mass is 19.4. The molecule has 0 fully saturated rings. The van der Waals surface area contributed by atoms with Gasteiger partial charge in [0.25, 0.3) is 0 Å². The van der Waals surface area contributed by atoms with Gasteiger partial charge in [-0.3, -0.25) is 0 Å². The van der Waals surface area contributed by atoms with E-state index < -0.39 is 11.9 Å². The van der Waals surface area contributed by atoms with Gasteiger partial charge >= 0.3 is 6.18 Å². The lowest BCUT2D eigenvalue weighted by molar-refractivity contribution is -0.141. The van der Waals surface area contributed by atoms with Crippen LogP contribution < -0.4 is 5.32 Å². The summed E-state index contributed by atoms with van der Waals surface area (Å²) in [5.41, 5.74) is -0.952. The van der Waals surface area contributed by atoms with Crippen LogP contribution in [-0.2, 0) is 6.18 Å². The van der Waals surface area contributed by atoms with Crippen molar-refractivity contribution in [1.29, 1.82) is 0 Å². The molecule has 86 valence electrons. The largest absolute Gasteiger partial charge is 0.433 e. The maximum absolute atomic E-state index is 12.3. The van der Waals surface area contributed by atoms with Gasteiger partial charge in [-0.15, -0.1) is 11.8 Å². The van der Waals surface area contributed by atoms with E-state index in [1.54, 1.807) is 6.92 Å². The van der Waals surface area contributed by atoms with Crippen molar-refractivity contribution in [2.75, 3.05) is 11.9 Å². The molecule has 0 bridgehead atoms. The fourth-order valence-corrected chi connectivity index (χ4v) is 0.964. The second kappa shape index (κ2) is 5.35. The molecule has 16 heavy (non-hydrogen) atoms. The zero-order chi connectivity index (χ0) is 12.0. The zero-order valence-corrected chi connectivity index (χ0v) is 8.60. The molecule has 1 aromatic heterocycles. The van der Waals surface area contributed by atoms with E-state index in [0.29, 0.717) is 13.0 Å². The van der Waals surface area contributed by atoms with Crippen molar-refractivity contribution in [3.63, 3.8) is 0 Å². The van der Waals surface area contributed by atoms with Crippen LogP contribution in [-0.4, -0.2) is 16.5 Å². The van der Waals surface area contributed by atoms with E-state index in [-0.39, 0.29) is 5.95 Å². The molecule has 0 spiro atoms. The first-order valence-electron chi connectivity index (χ1n) is 4.58. The van der Waals surface area contributed by atoms with Crippen LogP contribution >= 0.6 is 0 Å². The number of rotatable bonds is 3. The summed E-state index contributed by atoms with van der Waals surface area (Å²) in [6.07, 6.45) is -2.83. The molecule has 0 unspecified atom stereocenters. The minimum Gasteiger partial charge on any atom is -0.353 e. The second-order valence-corrected chi connectivity index (χ2v) is 2.87. The maximum Gasteiger partial charge on any atom is 0.433 e. The molecule has 0 radical (unpaired) electrons. The predicted molar refractivity (Wildman–Crippen MR) is 53.6 cm³/mol. The van der Waals surface area contributed by atoms with E-state index in [1.165, 1.54) is 0 Å². The Morgan fingerprint density at radius 2 is 2.19 bits per heavy atom. The van der Waals surface area contributed by atoms with Crippen LogP contribution in [0.15, 0.2) is 12.3 Å². The van der Waals surface area contributed by atoms with Gasteiger partial charge in [0.15, 0.2) is 0 Å². The Kier molecular flexibility index (Phi) is 4.11. The summed E-state index contributed by atoms with van der Waals surface area (Å²) in [7, 11) is 0. The van der Waals surface area contributed by atoms with Crippen molar-refractivity contribution in [2.24, 2.45) is 0 Å².